The first-order valence-electron chi connectivity index (χ1n) is 8.58. The number of piperazine rings is 1. The molecule has 0 aromatic heterocycles. The van der Waals surface area contributed by atoms with Crippen LogP contribution >= 0.6 is 0 Å². The number of amides is 1. The molecule has 0 aromatic rings. The zero-order valence-corrected chi connectivity index (χ0v) is 14.1. The van der Waals surface area contributed by atoms with Crippen molar-refractivity contribution in [3.63, 3.8) is 0 Å². The van der Waals surface area contributed by atoms with E-state index < -0.39 is 6.09 Å². The SMILES string of the molecule is CCN1CCN(C2CCC(OC)=C3CCN(C(=O)O)C=C32)CC1. The van der Waals surface area contributed by atoms with E-state index in [0.717, 1.165) is 63.3 Å². The number of likely N-dealkylation sites (N-methyl/N-ethyl adjacent to an activating group) is 1. The molecule has 0 spiro atoms. The molecule has 1 unspecified atom stereocenters. The average Bonchev–Trinajstić information content (AvgIpc) is 2.60. The van der Waals surface area contributed by atoms with Crippen LogP contribution < -0.4 is 0 Å². The van der Waals surface area contributed by atoms with Crippen LogP contribution in [0.15, 0.2) is 23.1 Å². The standard InChI is InChI=1S/C17H27N3O3/c1-3-18-8-10-19(11-9-18)15-4-5-16(23-2)13-6-7-20(17(21)22)12-14(13)15/h12,15H,3-11H2,1-2H3,(H,21,22). The molecule has 1 N–H and O–H groups in total. The number of allylic oxidation sites excluding steroid dienone is 1. The minimum Gasteiger partial charge on any atom is -0.501 e. The Hall–Kier alpha value is -1.53. The van der Waals surface area contributed by atoms with Gasteiger partial charge in [-0.15, -0.1) is 0 Å². The lowest BCUT2D eigenvalue weighted by Gasteiger charge is -2.43. The summed E-state index contributed by atoms with van der Waals surface area (Å²) >= 11 is 0. The second kappa shape index (κ2) is 6.93. The molecule has 128 valence electrons. The first-order valence-corrected chi connectivity index (χ1v) is 8.58. The van der Waals surface area contributed by atoms with Crippen molar-refractivity contribution < 1.29 is 14.6 Å². The van der Waals surface area contributed by atoms with Gasteiger partial charge in [-0.25, -0.2) is 4.79 Å². The highest BCUT2D eigenvalue weighted by atomic mass is 16.5. The van der Waals surface area contributed by atoms with Crippen molar-refractivity contribution >= 4 is 6.09 Å². The quantitative estimate of drug-likeness (QED) is 0.861. The molecule has 3 rings (SSSR count). The first-order chi connectivity index (χ1) is 11.1. The molecular weight excluding hydrogens is 294 g/mol. The highest BCUT2D eigenvalue weighted by Crippen LogP contribution is 2.38. The minimum atomic E-state index is -0.865. The van der Waals surface area contributed by atoms with E-state index in [1.54, 1.807) is 7.11 Å². The van der Waals surface area contributed by atoms with Gasteiger partial charge < -0.3 is 14.7 Å². The molecule has 0 saturated carbocycles. The molecule has 0 radical (unpaired) electrons. The number of methoxy groups -OCH3 is 1. The molecule has 1 aliphatic carbocycles. The molecule has 0 bridgehead atoms. The van der Waals surface area contributed by atoms with E-state index in [2.05, 4.69) is 16.7 Å². The lowest BCUT2D eigenvalue weighted by Crippen LogP contribution is -2.52. The smallest absolute Gasteiger partial charge is 0.411 e. The third-order valence-corrected chi connectivity index (χ3v) is 5.37. The summed E-state index contributed by atoms with van der Waals surface area (Å²) in [6.07, 6.45) is 3.70. The van der Waals surface area contributed by atoms with Crippen molar-refractivity contribution in [2.75, 3.05) is 46.4 Å². The number of rotatable bonds is 3. The van der Waals surface area contributed by atoms with Gasteiger partial charge in [-0.3, -0.25) is 9.80 Å². The van der Waals surface area contributed by atoms with Crippen LogP contribution in [0.1, 0.15) is 26.2 Å². The average molecular weight is 321 g/mol. The predicted octanol–water partition coefficient (Wildman–Crippen LogP) is 1.95. The highest BCUT2D eigenvalue weighted by molar-refractivity contribution is 5.67. The van der Waals surface area contributed by atoms with Crippen molar-refractivity contribution in [2.45, 2.75) is 32.2 Å². The summed E-state index contributed by atoms with van der Waals surface area (Å²) in [5.74, 6) is 1.05. The van der Waals surface area contributed by atoms with Crippen molar-refractivity contribution in [3.05, 3.63) is 23.1 Å². The minimum absolute atomic E-state index is 0.324. The van der Waals surface area contributed by atoms with Crippen LogP contribution in [-0.2, 0) is 4.74 Å². The summed E-state index contributed by atoms with van der Waals surface area (Å²) in [5, 5.41) is 9.33. The summed E-state index contributed by atoms with van der Waals surface area (Å²) in [6.45, 7) is 8.13. The lowest BCUT2D eigenvalue weighted by atomic mass is 9.83. The number of carbonyl (C=O) groups is 1. The molecule has 23 heavy (non-hydrogen) atoms. The summed E-state index contributed by atoms with van der Waals surface area (Å²) in [5.41, 5.74) is 2.39. The first kappa shape index (κ1) is 16.3. The van der Waals surface area contributed by atoms with Gasteiger partial charge in [-0.1, -0.05) is 6.92 Å². The maximum absolute atomic E-state index is 11.4. The van der Waals surface area contributed by atoms with Gasteiger partial charge in [0, 0.05) is 51.4 Å². The van der Waals surface area contributed by atoms with Gasteiger partial charge >= 0.3 is 6.09 Å². The van der Waals surface area contributed by atoms with Crippen molar-refractivity contribution in [1.29, 1.82) is 0 Å². The number of hydrogen-bond donors (Lipinski definition) is 1. The second-order valence-electron chi connectivity index (χ2n) is 6.44. The van der Waals surface area contributed by atoms with Crippen molar-refractivity contribution in [2.24, 2.45) is 0 Å². The monoisotopic (exact) mass is 321 g/mol. The van der Waals surface area contributed by atoms with Gasteiger partial charge in [-0.2, -0.15) is 0 Å². The Bertz CT molecular complexity index is 521. The van der Waals surface area contributed by atoms with E-state index in [9.17, 15) is 9.90 Å². The largest absolute Gasteiger partial charge is 0.501 e. The normalized spacial score (nSPS) is 26.8. The van der Waals surface area contributed by atoms with Crippen LogP contribution in [0.5, 0.6) is 0 Å². The second-order valence-corrected chi connectivity index (χ2v) is 6.44. The van der Waals surface area contributed by atoms with Crippen LogP contribution in [0, 0.1) is 0 Å². The van der Waals surface area contributed by atoms with E-state index >= 15 is 0 Å². The third kappa shape index (κ3) is 3.23. The third-order valence-electron chi connectivity index (χ3n) is 5.37. The topological polar surface area (TPSA) is 56.2 Å². The zero-order chi connectivity index (χ0) is 16.4. The molecule has 0 aromatic carbocycles. The molecule has 6 nitrogen and oxygen atoms in total. The van der Waals surface area contributed by atoms with E-state index in [-0.39, 0.29) is 0 Å². The molecule has 2 heterocycles. The highest BCUT2D eigenvalue weighted by Gasteiger charge is 2.35. The van der Waals surface area contributed by atoms with Crippen LogP contribution in [0.3, 0.4) is 0 Å². The molecule has 1 saturated heterocycles. The van der Waals surface area contributed by atoms with Crippen LogP contribution in [0.4, 0.5) is 4.79 Å². The van der Waals surface area contributed by atoms with Crippen LogP contribution in [0.2, 0.25) is 0 Å². The van der Waals surface area contributed by atoms with Crippen LogP contribution in [-0.4, -0.2) is 78.3 Å². The summed E-state index contributed by atoms with van der Waals surface area (Å²) in [7, 11) is 1.73. The lowest BCUT2D eigenvalue weighted by molar-refractivity contribution is 0.101. The fourth-order valence-electron chi connectivity index (χ4n) is 4.00. The number of carboxylic acid groups (broad SMARTS) is 1. The van der Waals surface area contributed by atoms with E-state index in [1.165, 1.54) is 10.5 Å². The Kier molecular flexibility index (Phi) is 4.92. The van der Waals surface area contributed by atoms with Crippen molar-refractivity contribution in [1.82, 2.24) is 14.7 Å². The molecule has 2 aliphatic heterocycles. The maximum atomic E-state index is 11.4. The maximum Gasteiger partial charge on any atom is 0.411 e. The Morgan fingerprint density at radius 3 is 2.61 bits per heavy atom. The molecule has 1 amide bonds. The molecule has 3 aliphatic rings. The van der Waals surface area contributed by atoms with Gasteiger partial charge in [-0.05, 0) is 30.5 Å². The summed E-state index contributed by atoms with van der Waals surface area (Å²) in [4.78, 5) is 17.8. The van der Waals surface area contributed by atoms with Crippen LogP contribution in [0.25, 0.3) is 0 Å². The summed E-state index contributed by atoms with van der Waals surface area (Å²) in [6, 6.07) is 0.324. The Morgan fingerprint density at radius 2 is 2.00 bits per heavy atom. The van der Waals surface area contributed by atoms with Gasteiger partial charge in [0.25, 0.3) is 0 Å². The number of hydrogen-bond acceptors (Lipinski definition) is 4. The fraction of sp³-hybridized carbons (Fsp3) is 0.706. The van der Waals surface area contributed by atoms with Gasteiger partial charge in [0.2, 0.25) is 0 Å². The molecule has 6 heteroatoms. The van der Waals surface area contributed by atoms with E-state index in [4.69, 9.17) is 4.74 Å². The van der Waals surface area contributed by atoms with Crippen molar-refractivity contribution in [3.8, 4) is 0 Å². The number of fused-ring (bicyclic) bond motifs is 1. The molecule has 1 atom stereocenters. The van der Waals surface area contributed by atoms with Gasteiger partial charge in [0.15, 0.2) is 0 Å². The molecular formula is C17H27N3O3. The number of ether oxygens (including phenoxy) is 1. The Morgan fingerprint density at radius 1 is 1.26 bits per heavy atom. The van der Waals surface area contributed by atoms with Gasteiger partial charge in [0.1, 0.15) is 0 Å². The Labute approximate surface area is 138 Å². The Balaban J connectivity index is 1.84. The van der Waals surface area contributed by atoms with E-state index in [0.29, 0.717) is 12.6 Å². The zero-order valence-electron chi connectivity index (χ0n) is 14.1. The predicted molar refractivity (Wildman–Crippen MR) is 88.2 cm³/mol. The summed E-state index contributed by atoms with van der Waals surface area (Å²) < 4.78 is 5.57. The molecule has 1 fully saturated rings. The fourth-order valence-corrected chi connectivity index (χ4v) is 4.00. The van der Waals surface area contributed by atoms with Gasteiger partial charge in [0.05, 0.1) is 12.9 Å². The van der Waals surface area contributed by atoms with E-state index in [1.807, 2.05) is 6.20 Å². The number of nitrogens with zero attached hydrogens (tertiary/aromatic N) is 3.